The Bertz CT molecular complexity index is 3080. The molecule has 0 bridgehead atoms. The number of carbonyl (C=O) groups is 1. The Labute approximate surface area is 325 Å². The first-order chi connectivity index (χ1) is 26.6. The molecule has 0 radical (unpaired) electrons. The highest BCUT2D eigenvalue weighted by molar-refractivity contribution is 7.91. The lowest BCUT2D eigenvalue weighted by atomic mass is 10.1. The Kier molecular flexibility index (Phi) is 11.0. The van der Waals surface area contributed by atoms with Crippen LogP contribution in [-0.2, 0) is 40.2 Å². The predicted octanol–water partition coefficient (Wildman–Crippen LogP) is 4.84. The first-order valence-electron chi connectivity index (χ1n) is 16.2. The van der Waals surface area contributed by atoms with Gasteiger partial charge < -0.3 is 24.1 Å². The van der Waals surface area contributed by atoms with E-state index in [1.54, 1.807) is 13.0 Å². The van der Waals surface area contributed by atoms with E-state index in [0.29, 0.717) is 23.9 Å². The summed E-state index contributed by atoms with van der Waals surface area (Å²) in [4.78, 5) is 17.7. The van der Waals surface area contributed by atoms with Gasteiger partial charge in [0, 0.05) is 40.8 Å². The molecular weight excluding hydrogens is 827 g/mol. The van der Waals surface area contributed by atoms with Gasteiger partial charge in [0.2, 0.25) is 0 Å². The number of benzene rings is 5. The number of carbonyl (C=O) groups excluding carboxylic acids is 1. The van der Waals surface area contributed by atoms with Crippen molar-refractivity contribution in [1.29, 1.82) is 0 Å². The topological polar surface area (TPSA) is 306 Å². The summed E-state index contributed by atoms with van der Waals surface area (Å²) in [6.07, 6.45) is 4.63. The maximum absolute atomic E-state index is 13.3. The summed E-state index contributed by atoms with van der Waals surface area (Å²) in [7, 11) is -20.3. The number of aromatic hydroxyl groups is 1. The molecule has 0 spiro atoms. The third-order valence-electron chi connectivity index (χ3n) is 8.66. The van der Waals surface area contributed by atoms with Crippen molar-refractivity contribution in [1.82, 2.24) is 9.97 Å². The second kappa shape index (κ2) is 15.3. The second-order valence-corrected chi connectivity index (χ2v) is 18.6. The fourth-order valence-electron chi connectivity index (χ4n) is 5.84. The third-order valence-corrected chi connectivity index (χ3v) is 13.0. The number of nitrogens with zero attached hydrogens (tertiary/aromatic N) is 4. The number of hydrogen-bond acceptors (Lipinski definition) is 17. The van der Waals surface area contributed by atoms with Crippen LogP contribution in [-0.4, -0.2) is 74.1 Å². The van der Waals surface area contributed by atoms with E-state index in [-0.39, 0.29) is 39.3 Å². The molecule has 0 saturated heterocycles. The first kappa shape index (κ1) is 40.9. The van der Waals surface area contributed by atoms with E-state index in [9.17, 15) is 57.2 Å². The lowest BCUT2D eigenvalue weighted by Gasteiger charge is -2.18. The molecule has 5 aromatic carbocycles. The number of phenolic OH excluding ortho intramolecular Hbond substituents is 1. The number of amides is 1. The molecule has 0 fully saturated rings. The van der Waals surface area contributed by atoms with E-state index in [1.807, 2.05) is 0 Å². The number of anilines is 1. The van der Waals surface area contributed by atoms with E-state index in [0.717, 1.165) is 24.3 Å². The molecule has 1 aromatic heterocycles. The third kappa shape index (κ3) is 8.81. The molecular formula is C35H26N5O13S4-3. The van der Waals surface area contributed by atoms with Gasteiger partial charge in [-0.3, -0.25) is 14.8 Å². The van der Waals surface area contributed by atoms with Crippen LogP contribution in [0.3, 0.4) is 0 Å². The van der Waals surface area contributed by atoms with Crippen molar-refractivity contribution in [3.63, 3.8) is 0 Å². The number of fused-ring (bicyclic) bond motifs is 2. The summed E-state index contributed by atoms with van der Waals surface area (Å²) >= 11 is 0. The minimum Gasteiger partial charge on any atom is -0.744 e. The van der Waals surface area contributed by atoms with Crippen molar-refractivity contribution < 1.29 is 57.2 Å². The highest BCUT2D eigenvalue weighted by atomic mass is 32.2. The number of azo groups is 1. The first-order valence-corrected chi connectivity index (χ1v) is 22.1. The molecule has 0 aliphatic carbocycles. The van der Waals surface area contributed by atoms with Gasteiger partial charge in [-0.1, -0.05) is 37.3 Å². The Hall–Kier alpha value is -5.75. The molecule has 2 N–H and O–H groups in total. The van der Waals surface area contributed by atoms with Crippen LogP contribution in [0.25, 0.3) is 21.5 Å². The average molecular weight is 853 g/mol. The van der Waals surface area contributed by atoms with Gasteiger partial charge >= 0.3 is 0 Å². The SMILES string of the molecule is CC(CCS(=O)(=O)c1ccc2c(S(=O)(=O)[O-])c(N=Nc3c(S(=O)(=O)[O-])cc4cc(S(=O)(=O)[O-])cc(NC(=O)c5ccccc5)c4c3O)ccc2c1)c1cnccn1. The molecule has 57 heavy (non-hydrogen) atoms. The van der Waals surface area contributed by atoms with Gasteiger partial charge in [-0.15, -0.1) is 10.2 Å². The van der Waals surface area contributed by atoms with Gasteiger partial charge in [0.15, 0.2) is 15.6 Å². The molecule has 296 valence electrons. The number of phenols is 1. The maximum atomic E-state index is 13.3. The molecule has 0 aliphatic heterocycles. The monoisotopic (exact) mass is 852 g/mol. The molecule has 1 atom stereocenters. The number of rotatable bonds is 12. The molecule has 1 amide bonds. The van der Waals surface area contributed by atoms with Crippen LogP contribution in [0, 0.1) is 0 Å². The Balaban J connectivity index is 1.46. The summed E-state index contributed by atoms with van der Waals surface area (Å²) in [6, 6.07) is 14.7. The molecule has 0 aliphatic rings. The van der Waals surface area contributed by atoms with Crippen molar-refractivity contribution in [3.8, 4) is 5.75 Å². The van der Waals surface area contributed by atoms with Crippen molar-refractivity contribution >= 4 is 84.7 Å². The summed E-state index contributed by atoms with van der Waals surface area (Å²) in [5.74, 6) is -2.64. The van der Waals surface area contributed by atoms with E-state index < -0.39 is 94.4 Å². The van der Waals surface area contributed by atoms with Gasteiger partial charge in [-0.2, -0.15) is 0 Å². The number of hydrogen-bond donors (Lipinski definition) is 2. The minimum absolute atomic E-state index is 0.0225. The summed E-state index contributed by atoms with van der Waals surface area (Å²) in [5, 5.41) is 19.7. The molecule has 6 aromatic rings. The van der Waals surface area contributed by atoms with Gasteiger partial charge in [0.1, 0.15) is 41.7 Å². The smallest absolute Gasteiger partial charge is 0.255 e. The van der Waals surface area contributed by atoms with Crippen molar-refractivity contribution in [2.75, 3.05) is 11.1 Å². The highest BCUT2D eigenvalue weighted by Gasteiger charge is 2.24. The zero-order valence-corrected chi connectivity index (χ0v) is 32.3. The van der Waals surface area contributed by atoms with Crippen molar-refractivity contribution in [2.24, 2.45) is 10.2 Å². The van der Waals surface area contributed by atoms with Crippen LogP contribution >= 0.6 is 0 Å². The summed E-state index contributed by atoms with van der Waals surface area (Å²) in [6.45, 7) is 1.77. The van der Waals surface area contributed by atoms with Crippen LogP contribution in [0.15, 0.2) is 127 Å². The van der Waals surface area contributed by atoms with Crippen LogP contribution in [0.5, 0.6) is 5.75 Å². The zero-order chi connectivity index (χ0) is 41.5. The lowest BCUT2D eigenvalue weighted by Crippen LogP contribution is -2.13. The lowest BCUT2D eigenvalue weighted by molar-refractivity contribution is 0.102. The van der Waals surface area contributed by atoms with Crippen LogP contribution < -0.4 is 5.32 Å². The Morgan fingerprint density at radius 1 is 0.789 bits per heavy atom. The van der Waals surface area contributed by atoms with E-state index in [2.05, 4.69) is 25.5 Å². The normalized spacial score (nSPS) is 13.3. The van der Waals surface area contributed by atoms with E-state index >= 15 is 0 Å². The number of sulfone groups is 1. The number of nitrogens with one attached hydrogen (secondary N) is 1. The quantitative estimate of drug-likeness (QED) is 0.123. The molecule has 0 saturated carbocycles. The fraction of sp³-hybridized carbons (Fsp3) is 0.114. The van der Waals surface area contributed by atoms with Gasteiger partial charge in [-0.05, 0) is 65.7 Å². The van der Waals surface area contributed by atoms with Gasteiger partial charge in [0.05, 0.1) is 36.7 Å². The van der Waals surface area contributed by atoms with Gasteiger partial charge in [-0.25, -0.2) is 33.7 Å². The van der Waals surface area contributed by atoms with E-state index in [4.69, 9.17) is 0 Å². The predicted molar refractivity (Wildman–Crippen MR) is 199 cm³/mol. The standard InChI is InChI=1S/C35H29N5O13S4/c1-20(29-19-36-12-13-37-29)11-14-54(43,44)24-8-9-26-22(15-24)7-10-27(34(26)57(51,52)53)39-40-32-30(56(48,49)50)17-23-16-25(55(45,46)47)18-28(31(23)33(32)41)38-35(42)21-5-3-2-4-6-21/h2-10,12-13,15-20,41H,11,14H2,1H3,(H,38,42)(H,45,46,47)(H,48,49,50)(H,51,52,53)/p-3. The number of aromatic nitrogens is 2. The molecule has 22 heteroatoms. The fourth-order valence-corrected chi connectivity index (χ4v) is 9.32. The zero-order valence-electron chi connectivity index (χ0n) is 29.0. The summed E-state index contributed by atoms with van der Waals surface area (Å²) < 4.78 is 138. The Morgan fingerprint density at radius 2 is 1.49 bits per heavy atom. The van der Waals surface area contributed by atoms with Crippen LogP contribution in [0.4, 0.5) is 17.1 Å². The van der Waals surface area contributed by atoms with Gasteiger partial charge in [0.25, 0.3) is 5.91 Å². The summed E-state index contributed by atoms with van der Waals surface area (Å²) in [5.41, 5.74) is -1.75. The van der Waals surface area contributed by atoms with E-state index in [1.165, 1.54) is 48.9 Å². The van der Waals surface area contributed by atoms with Crippen LogP contribution in [0.1, 0.15) is 35.3 Å². The maximum Gasteiger partial charge on any atom is 0.255 e. The minimum atomic E-state index is -5.62. The highest BCUT2D eigenvalue weighted by Crippen LogP contribution is 2.46. The molecule has 1 unspecified atom stereocenters. The van der Waals surface area contributed by atoms with Crippen molar-refractivity contribution in [2.45, 2.75) is 38.8 Å². The molecule has 6 rings (SSSR count). The second-order valence-electron chi connectivity index (χ2n) is 12.5. The largest absolute Gasteiger partial charge is 0.744 e. The molecule has 1 heterocycles. The Morgan fingerprint density at radius 3 is 2.12 bits per heavy atom. The average Bonchev–Trinajstić information content (AvgIpc) is 3.15. The molecule has 18 nitrogen and oxygen atoms in total. The van der Waals surface area contributed by atoms with Crippen molar-refractivity contribution in [3.05, 3.63) is 109 Å². The van der Waals surface area contributed by atoms with Crippen LogP contribution in [0.2, 0.25) is 0 Å².